The number of fused-ring (bicyclic) bond motifs is 1. The molecule has 2 saturated heterocycles. The Balaban J connectivity index is 1.69. The van der Waals surface area contributed by atoms with Gasteiger partial charge in [-0.3, -0.25) is 4.79 Å². The first kappa shape index (κ1) is 25.2. The molecule has 3 rings (SSSR count). The number of esters is 1. The average molecular weight is 457 g/mol. The van der Waals surface area contributed by atoms with Gasteiger partial charge in [-0.2, -0.15) is 0 Å². The highest BCUT2D eigenvalue weighted by Crippen LogP contribution is 2.45. The molecule has 0 aromatic heterocycles. The topological polar surface area (TPSA) is 63.2 Å². The van der Waals surface area contributed by atoms with E-state index in [1.807, 2.05) is 6.92 Å². The Morgan fingerprint density at radius 3 is 2.52 bits per heavy atom. The Morgan fingerprint density at radius 1 is 1.10 bits per heavy atom. The molecular formula is C24H44O6Si. The highest BCUT2D eigenvalue weighted by Gasteiger charge is 2.49. The predicted molar refractivity (Wildman–Crippen MR) is 122 cm³/mol. The van der Waals surface area contributed by atoms with Crippen LogP contribution >= 0.6 is 0 Å². The van der Waals surface area contributed by atoms with Crippen LogP contribution < -0.4 is 0 Å². The third-order valence-corrected chi connectivity index (χ3v) is 12.4. The highest BCUT2D eigenvalue weighted by molar-refractivity contribution is 6.74. The smallest absolute Gasteiger partial charge is 0.311 e. The summed E-state index contributed by atoms with van der Waals surface area (Å²) in [5.74, 6) is 0.330. The molecule has 3 fully saturated rings. The minimum atomic E-state index is -1.87. The second kappa shape index (κ2) is 10.6. The molecule has 0 bridgehead atoms. The van der Waals surface area contributed by atoms with Crippen LogP contribution in [0.4, 0.5) is 0 Å². The van der Waals surface area contributed by atoms with E-state index in [2.05, 4.69) is 33.9 Å². The maximum atomic E-state index is 12.3. The quantitative estimate of drug-likeness (QED) is 0.400. The average Bonchev–Trinajstić information content (AvgIpc) is 2.88. The number of ether oxygens (including phenoxy) is 4. The summed E-state index contributed by atoms with van der Waals surface area (Å²) in [6.45, 7) is 15.6. The van der Waals surface area contributed by atoms with Crippen molar-refractivity contribution >= 4 is 14.3 Å². The lowest BCUT2D eigenvalue weighted by Gasteiger charge is -2.38. The molecule has 3 aliphatic rings. The fourth-order valence-electron chi connectivity index (χ4n) is 4.81. The molecule has 0 radical (unpaired) electrons. The normalized spacial score (nSPS) is 34.8. The molecule has 31 heavy (non-hydrogen) atoms. The molecule has 1 unspecified atom stereocenters. The van der Waals surface area contributed by atoms with Gasteiger partial charge in [-0.15, -0.1) is 0 Å². The van der Waals surface area contributed by atoms with Crippen LogP contribution in [0.5, 0.6) is 0 Å². The van der Waals surface area contributed by atoms with Gasteiger partial charge < -0.3 is 23.4 Å². The first-order valence-corrected chi connectivity index (χ1v) is 15.2. The lowest BCUT2D eigenvalue weighted by molar-refractivity contribution is -0.198. The van der Waals surface area contributed by atoms with E-state index in [0.717, 1.165) is 45.1 Å². The van der Waals surface area contributed by atoms with Gasteiger partial charge in [0.2, 0.25) is 0 Å². The Bertz CT molecular complexity index is 583. The van der Waals surface area contributed by atoms with E-state index >= 15 is 0 Å². The van der Waals surface area contributed by atoms with Gasteiger partial charge in [0.25, 0.3) is 0 Å². The summed E-state index contributed by atoms with van der Waals surface area (Å²) in [6.07, 6.45) is 5.94. The number of rotatable bonds is 7. The van der Waals surface area contributed by atoms with Gasteiger partial charge in [-0.1, -0.05) is 20.8 Å². The Hall–Kier alpha value is -0.473. The number of hydrogen-bond donors (Lipinski definition) is 0. The largest absolute Gasteiger partial charge is 0.466 e. The summed E-state index contributed by atoms with van der Waals surface area (Å²) in [7, 11) is -1.87. The molecule has 2 aliphatic heterocycles. The molecule has 0 spiro atoms. The molecule has 6 nitrogen and oxygen atoms in total. The number of carbonyl (C=O) groups excluding carboxylic acids is 1. The van der Waals surface area contributed by atoms with Crippen LogP contribution in [0.1, 0.15) is 66.2 Å². The first-order chi connectivity index (χ1) is 14.6. The molecule has 7 heteroatoms. The maximum Gasteiger partial charge on any atom is 0.311 e. The van der Waals surface area contributed by atoms with Crippen molar-refractivity contribution in [3.8, 4) is 0 Å². The van der Waals surface area contributed by atoms with Crippen molar-refractivity contribution in [3.05, 3.63) is 0 Å². The van der Waals surface area contributed by atoms with Crippen molar-refractivity contribution < 1.29 is 28.2 Å². The van der Waals surface area contributed by atoms with Crippen LogP contribution in [0.2, 0.25) is 18.1 Å². The number of carbonyl (C=O) groups is 1. The molecule has 2 heterocycles. The van der Waals surface area contributed by atoms with Crippen molar-refractivity contribution in [2.24, 2.45) is 17.8 Å². The van der Waals surface area contributed by atoms with Gasteiger partial charge in [0, 0.05) is 25.6 Å². The minimum absolute atomic E-state index is 0.0852. The minimum Gasteiger partial charge on any atom is -0.466 e. The molecule has 1 aliphatic carbocycles. The monoisotopic (exact) mass is 456 g/mol. The summed E-state index contributed by atoms with van der Waals surface area (Å²) in [6, 6.07) is 0. The van der Waals surface area contributed by atoms with Crippen molar-refractivity contribution in [1.29, 1.82) is 0 Å². The van der Waals surface area contributed by atoms with Crippen molar-refractivity contribution in [2.45, 2.75) is 103 Å². The lowest BCUT2D eigenvalue weighted by atomic mass is 9.88. The zero-order valence-electron chi connectivity index (χ0n) is 20.5. The van der Waals surface area contributed by atoms with Crippen LogP contribution in [-0.2, 0) is 28.2 Å². The van der Waals surface area contributed by atoms with Gasteiger partial charge in [-0.05, 0) is 63.1 Å². The second-order valence-corrected chi connectivity index (χ2v) is 15.8. The third kappa shape index (κ3) is 6.31. The van der Waals surface area contributed by atoms with E-state index in [1.54, 1.807) is 0 Å². The van der Waals surface area contributed by atoms with Gasteiger partial charge in [0.15, 0.2) is 14.6 Å². The standard InChI is InChI=1S/C24H44O6Si/c1-7-26-23(25)17-11-12-18-19(16-29-31(5,6)24(2,3)4)21(14-20(18)28-15-17)30-22-10-8-9-13-27-22/h17-22H,7-16H2,1-6H3/t17-,18+,19+,20-,21+,22?/m0/s1. The Labute approximate surface area is 189 Å². The highest BCUT2D eigenvalue weighted by atomic mass is 28.4. The lowest BCUT2D eigenvalue weighted by Crippen LogP contribution is -2.44. The zero-order chi connectivity index (χ0) is 22.6. The summed E-state index contributed by atoms with van der Waals surface area (Å²) < 4.78 is 30.6. The predicted octanol–water partition coefficient (Wildman–Crippen LogP) is 4.91. The van der Waals surface area contributed by atoms with Crippen molar-refractivity contribution in [3.63, 3.8) is 0 Å². The van der Waals surface area contributed by atoms with Crippen LogP contribution in [0.25, 0.3) is 0 Å². The summed E-state index contributed by atoms with van der Waals surface area (Å²) in [5, 5.41) is 0.169. The van der Waals surface area contributed by atoms with E-state index in [-0.39, 0.29) is 41.3 Å². The van der Waals surface area contributed by atoms with E-state index < -0.39 is 8.32 Å². The van der Waals surface area contributed by atoms with Crippen molar-refractivity contribution in [2.75, 3.05) is 26.4 Å². The van der Waals surface area contributed by atoms with Crippen LogP contribution in [0.15, 0.2) is 0 Å². The van der Waals surface area contributed by atoms with E-state index in [1.165, 1.54) is 0 Å². The molecule has 0 aromatic carbocycles. The molecule has 0 amide bonds. The van der Waals surface area contributed by atoms with Gasteiger partial charge in [-0.25, -0.2) is 0 Å². The Morgan fingerprint density at radius 2 is 1.87 bits per heavy atom. The second-order valence-electron chi connectivity index (χ2n) is 11.0. The summed E-state index contributed by atoms with van der Waals surface area (Å²) in [4.78, 5) is 12.3. The molecule has 180 valence electrons. The molecule has 0 N–H and O–H groups in total. The van der Waals surface area contributed by atoms with Crippen LogP contribution in [0.3, 0.4) is 0 Å². The SMILES string of the molecule is CCOC(=O)[C@H]1CC[C@@H]2[C@@H](CO[Si](C)(C)C(C)(C)C)[C@H](OC3CCCCO3)C[C@@H]2OC1. The zero-order valence-corrected chi connectivity index (χ0v) is 21.5. The maximum absolute atomic E-state index is 12.3. The fraction of sp³-hybridized carbons (Fsp3) is 0.958. The molecular weight excluding hydrogens is 412 g/mol. The molecule has 1 saturated carbocycles. The fourth-order valence-corrected chi connectivity index (χ4v) is 5.85. The van der Waals surface area contributed by atoms with E-state index in [4.69, 9.17) is 23.4 Å². The number of hydrogen-bond acceptors (Lipinski definition) is 6. The van der Waals surface area contributed by atoms with E-state index in [0.29, 0.717) is 25.7 Å². The van der Waals surface area contributed by atoms with Crippen LogP contribution in [0, 0.1) is 17.8 Å². The van der Waals surface area contributed by atoms with Gasteiger partial charge in [0.1, 0.15) is 0 Å². The first-order valence-electron chi connectivity index (χ1n) is 12.3. The van der Waals surface area contributed by atoms with Gasteiger partial charge >= 0.3 is 5.97 Å². The van der Waals surface area contributed by atoms with Gasteiger partial charge in [0.05, 0.1) is 31.3 Å². The molecule has 0 aromatic rings. The van der Waals surface area contributed by atoms with E-state index in [9.17, 15) is 4.79 Å². The molecule has 6 atom stereocenters. The Kier molecular flexibility index (Phi) is 8.63. The summed E-state index contributed by atoms with van der Waals surface area (Å²) >= 11 is 0. The van der Waals surface area contributed by atoms with Crippen LogP contribution in [-0.4, -0.2) is 59.2 Å². The summed E-state index contributed by atoms with van der Waals surface area (Å²) in [5.41, 5.74) is 0. The van der Waals surface area contributed by atoms with Crippen molar-refractivity contribution in [1.82, 2.24) is 0 Å². The third-order valence-electron chi connectivity index (χ3n) is 7.86.